The molecule has 56 valence electrons. The predicted molar refractivity (Wildman–Crippen MR) is 36.4 cm³/mol. The standard InChI is InChI=1S/C6H15NO2/c1-2-9-6-4-7-3-5-8/h7-8H,2-6H2,1H3. The molecule has 0 fully saturated rings. The van der Waals surface area contributed by atoms with Crippen LogP contribution in [0.1, 0.15) is 6.92 Å². The quantitative estimate of drug-likeness (QED) is 0.485. The average molecular weight is 133 g/mol. The highest BCUT2D eigenvalue weighted by atomic mass is 16.5. The van der Waals surface area contributed by atoms with E-state index in [0.717, 1.165) is 19.8 Å². The van der Waals surface area contributed by atoms with Crippen LogP contribution in [0.4, 0.5) is 0 Å². The zero-order valence-corrected chi connectivity index (χ0v) is 5.89. The van der Waals surface area contributed by atoms with Gasteiger partial charge in [0.1, 0.15) is 0 Å². The summed E-state index contributed by atoms with van der Waals surface area (Å²) in [5, 5.41) is 11.3. The molecule has 0 aliphatic heterocycles. The zero-order chi connectivity index (χ0) is 6.95. The molecule has 0 spiro atoms. The molecule has 0 radical (unpaired) electrons. The molecular weight excluding hydrogens is 118 g/mol. The number of hydrogen-bond acceptors (Lipinski definition) is 3. The van der Waals surface area contributed by atoms with Crippen LogP contribution in [0.25, 0.3) is 0 Å². The molecule has 0 aromatic heterocycles. The molecule has 9 heavy (non-hydrogen) atoms. The van der Waals surface area contributed by atoms with Gasteiger partial charge in [0.25, 0.3) is 0 Å². The Morgan fingerprint density at radius 2 is 2.22 bits per heavy atom. The molecule has 0 aromatic carbocycles. The molecule has 0 heterocycles. The van der Waals surface area contributed by atoms with E-state index in [0.29, 0.717) is 6.54 Å². The molecule has 2 N–H and O–H groups in total. The van der Waals surface area contributed by atoms with Crippen molar-refractivity contribution < 1.29 is 9.84 Å². The van der Waals surface area contributed by atoms with Gasteiger partial charge in [-0.15, -0.1) is 0 Å². The second-order valence-electron chi connectivity index (χ2n) is 1.67. The first-order valence-corrected chi connectivity index (χ1v) is 3.31. The van der Waals surface area contributed by atoms with E-state index in [1.165, 1.54) is 0 Å². The van der Waals surface area contributed by atoms with E-state index in [2.05, 4.69) is 5.32 Å². The first-order valence-electron chi connectivity index (χ1n) is 3.31. The highest BCUT2D eigenvalue weighted by molar-refractivity contribution is 4.42. The SMILES string of the molecule is CCOCCNCCO. The second-order valence-corrected chi connectivity index (χ2v) is 1.67. The summed E-state index contributed by atoms with van der Waals surface area (Å²) >= 11 is 0. The lowest BCUT2D eigenvalue weighted by atomic mass is 10.6. The van der Waals surface area contributed by atoms with Crippen LogP contribution in [0.3, 0.4) is 0 Å². The highest BCUT2D eigenvalue weighted by Gasteiger charge is 1.83. The van der Waals surface area contributed by atoms with Gasteiger partial charge in [0.05, 0.1) is 13.2 Å². The van der Waals surface area contributed by atoms with Crippen molar-refractivity contribution in [1.29, 1.82) is 0 Å². The number of rotatable bonds is 6. The van der Waals surface area contributed by atoms with Crippen LogP contribution in [-0.2, 0) is 4.74 Å². The van der Waals surface area contributed by atoms with Crippen LogP contribution in [0, 0.1) is 0 Å². The molecular formula is C6H15NO2. The monoisotopic (exact) mass is 133 g/mol. The Morgan fingerprint density at radius 1 is 1.44 bits per heavy atom. The van der Waals surface area contributed by atoms with Crippen LogP contribution < -0.4 is 5.32 Å². The Morgan fingerprint density at radius 3 is 2.78 bits per heavy atom. The minimum Gasteiger partial charge on any atom is -0.395 e. The van der Waals surface area contributed by atoms with E-state index in [1.54, 1.807) is 0 Å². The minimum absolute atomic E-state index is 0.201. The Hall–Kier alpha value is -0.120. The molecule has 0 saturated carbocycles. The third kappa shape index (κ3) is 7.88. The number of ether oxygens (including phenoxy) is 1. The average Bonchev–Trinajstić information content (AvgIpc) is 1.89. The molecule has 0 saturated heterocycles. The van der Waals surface area contributed by atoms with Crippen molar-refractivity contribution in [1.82, 2.24) is 5.32 Å². The van der Waals surface area contributed by atoms with Crippen molar-refractivity contribution in [3.8, 4) is 0 Å². The molecule has 3 nitrogen and oxygen atoms in total. The maximum atomic E-state index is 8.32. The van der Waals surface area contributed by atoms with E-state index < -0.39 is 0 Å². The van der Waals surface area contributed by atoms with Crippen molar-refractivity contribution in [3.05, 3.63) is 0 Å². The van der Waals surface area contributed by atoms with Gasteiger partial charge in [0, 0.05) is 19.7 Å². The fourth-order valence-electron chi connectivity index (χ4n) is 0.493. The van der Waals surface area contributed by atoms with Crippen molar-refractivity contribution in [2.45, 2.75) is 6.92 Å². The van der Waals surface area contributed by atoms with Crippen molar-refractivity contribution in [2.75, 3.05) is 32.9 Å². The molecule has 0 rings (SSSR count). The van der Waals surface area contributed by atoms with Crippen LogP contribution in [0.5, 0.6) is 0 Å². The smallest absolute Gasteiger partial charge is 0.0590 e. The summed E-state index contributed by atoms with van der Waals surface area (Å²) < 4.78 is 5.04. The molecule has 0 unspecified atom stereocenters. The maximum absolute atomic E-state index is 8.32. The minimum atomic E-state index is 0.201. The van der Waals surface area contributed by atoms with Gasteiger partial charge < -0.3 is 15.2 Å². The van der Waals surface area contributed by atoms with E-state index in [-0.39, 0.29) is 6.61 Å². The summed E-state index contributed by atoms with van der Waals surface area (Å²) in [7, 11) is 0. The summed E-state index contributed by atoms with van der Waals surface area (Å²) in [4.78, 5) is 0. The number of aliphatic hydroxyl groups is 1. The zero-order valence-electron chi connectivity index (χ0n) is 5.89. The van der Waals surface area contributed by atoms with Crippen LogP contribution in [-0.4, -0.2) is 38.0 Å². The molecule has 3 heteroatoms. The third-order valence-corrected chi connectivity index (χ3v) is 0.916. The first kappa shape index (κ1) is 8.88. The molecule has 0 bridgehead atoms. The third-order valence-electron chi connectivity index (χ3n) is 0.916. The normalized spacial score (nSPS) is 10.0. The van der Waals surface area contributed by atoms with Gasteiger partial charge >= 0.3 is 0 Å². The number of nitrogens with one attached hydrogen (secondary N) is 1. The largest absolute Gasteiger partial charge is 0.395 e. The second kappa shape index (κ2) is 7.88. The first-order chi connectivity index (χ1) is 4.41. The Kier molecular flexibility index (Phi) is 7.77. The van der Waals surface area contributed by atoms with Gasteiger partial charge in [-0.25, -0.2) is 0 Å². The number of hydrogen-bond donors (Lipinski definition) is 2. The molecule has 0 aliphatic rings. The topological polar surface area (TPSA) is 41.5 Å². The van der Waals surface area contributed by atoms with Crippen LogP contribution in [0.2, 0.25) is 0 Å². The lowest BCUT2D eigenvalue weighted by Crippen LogP contribution is -2.22. The van der Waals surface area contributed by atoms with E-state index >= 15 is 0 Å². The van der Waals surface area contributed by atoms with Gasteiger partial charge in [-0.2, -0.15) is 0 Å². The fraction of sp³-hybridized carbons (Fsp3) is 1.00. The van der Waals surface area contributed by atoms with E-state index in [9.17, 15) is 0 Å². The lowest BCUT2D eigenvalue weighted by Gasteiger charge is -2.00. The molecule has 0 atom stereocenters. The summed E-state index contributed by atoms with van der Waals surface area (Å²) in [6.45, 7) is 5.15. The fourth-order valence-corrected chi connectivity index (χ4v) is 0.493. The predicted octanol–water partition coefficient (Wildman–Crippen LogP) is -0.395. The Balaban J connectivity index is 2.60. The summed E-state index contributed by atoms with van der Waals surface area (Å²) in [5.74, 6) is 0. The lowest BCUT2D eigenvalue weighted by molar-refractivity contribution is 0.147. The summed E-state index contributed by atoms with van der Waals surface area (Å²) in [5.41, 5.74) is 0. The van der Waals surface area contributed by atoms with Gasteiger partial charge in [-0.05, 0) is 6.92 Å². The van der Waals surface area contributed by atoms with Crippen LogP contribution in [0.15, 0.2) is 0 Å². The van der Waals surface area contributed by atoms with Gasteiger partial charge in [0.15, 0.2) is 0 Å². The molecule has 0 aliphatic carbocycles. The molecule has 0 aromatic rings. The van der Waals surface area contributed by atoms with Gasteiger partial charge in [-0.1, -0.05) is 0 Å². The van der Waals surface area contributed by atoms with Crippen molar-refractivity contribution in [2.24, 2.45) is 0 Å². The summed E-state index contributed by atoms with van der Waals surface area (Å²) in [6.07, 6.45) is 0. The van der Waals surface area contributed by atoms with Gasteiger partial charge in [-0.3, -0.25) is 0 Å². The van der Waals surface area contributed by atoms with Gasteiger partial charge in [0.2, 0.25) is 0 Å². The maximum Gasteiger partial charge on any atom is 0.0590 e. The highest BCUT2D eigenvalue weighted by Crippen LogP contribution is 1.68. The van der Waals surface area contributed by atoms with Crippen molar-refractivity contribution >= 4 is 0 Å². The van der Waals surface area contributed by atoms with Crippen molar-refractivity contribution in [3.63, 3.8) is 0 Å². The van der Waals surface area contributed by atoms with Crippen LogP contribution >= 0.6 is 0 Å². The Bertz CT molecular complexity index is 44.3. The Labute approximate surface area is 56.0 Å². The number of aliphatic hydroxyl groups excluding tert-OH is 1. The molecule has 0 amide bonds. The van der Waals surface area contributed by atoms with E-state index in [1.807, 2.05) is 6.92 Å². The van der Waals surface area contributed by atoms with E-state index in [4.69, 9.17) is 9.84 Å². The summed E-state index contributed by atoms with van der Waals surface area (Å²) in [6, 6.07) is 0.